The molecule has 9 heteroatoms. The molecule has 1 amide bonds. The highest BCUT2D eigenvalue weighted by Gasteiger charge is 2.25. The Morgan fingerprint density at radius 1 is 1.38 bits per heavy atom. The highest BCUT2D eigenvalue weighted by molar-refractivity contribution is 9.10. The van der Waals surface area contributed by atoms with Crippen molar-refractivity contribution >= 4 is 44.5 Å². The third-order valence-corrected chi connectivity index (χ3v) is 6.28. The van der Waals surface area contributed by atoms with Crippen molar-refractivity contribution in [3.8, 4) is 0 Å². The van der Waals surface area contributed by atoms with Crippen molar-refractivity contribution in [2.75, 3.05) is 39.5 Å². The molecule has 1 aromatic heterocycles. The number of carbonyl (C=O) groups is 1. The summed E-state index contributed by atoms with van der Waals surface area (Å²) in [4.78, 5) is 32.5. The Balaban J connectivity index is 1.88. The number of rotatable bonds is 8. The molecule has 0 aliphatic carbocycles. The first-order chi connectivity index (χ1) is 14.0. The second kappa shape index (κ2) is 10.6. The van der Waals surface area contributed by atoms with Gasteiger partial charge in [-0.05, 0) is 38.5 Å². The lowest BCUT2D eigenvalue weighted by Gasteiger charge is -2.29. The smallest absolute Gasteiger partial charge is 0.262 e. The van der Waals surface area contributed by atoms with E-state index in [1.165, 1.54) is 11.8 Å². The molecule has 3 rings (SSSR count). The Hall–Kier alpha value is -1.42. The van der Waals surface area contributed by atoms with Gasteiger partial charge in [-0.1, -0.05) is 27.7 Å². The van der Waals surface area contributed by atoms with Crippen LogP contribution in [0, 0.1) is 0 Å². The number of halogens is 1. The molecule has 1 saturated heterocycles. The van der Waals surface area contributed by atoms with E-state index in [0.717, 1.165) is 4.47 Å². The van der Waals surface area contributed by atoms with Crippen LogP contribution in [-0.4, -0.2) is 65.1 Å². The summed E-state index contributed by atoms with van der Waals surface area (Å²) < 4.78 is 13.3. The summed E-state index contributed by atoms with van der Waals surface area (Å²) in [6.45, 7) is 7.86. The summed E-state index contributed by atoms with van der Waals surface area (Å²) in [5, 5.41) is 0.786. The Labute approximate surface area is 182 Å². The molecule has 1 aliphatic heterocycles. The van der Waals surface area contributed by atoms with Crippen molar-refractivity contribution in [1.29, 1.82) is 0 Å². The largest absolute Gasteiger partial charge is 0.382 e. The molecule has 1 unspecified atom stereocenters. The number of benzene rings is 1. The SMILES string of the molecule is CCOCCCn1c(SC(C)C(=O)N2CCOCC2)nc2ccc(Br)cc2c1=O. The number of nitrogens with zero attached hydrogens (tertiary/aromatic N) is 3. The zero-order chi connectivity index (χ0) is 20.8. The lowest BCUT2D eigenvalue weighted by Crippen LogP contribution is -2.44. The maximum Gasteiger partial charge on any atom is 0.262 e. The van der Waals surface area contributed by atoms with Crippen molar-refractivity contribution in [3.63, 3.8) is 0 Å². The first-order valence-corrected chi connectivity index (χ1v) is 11.5. The summed E-state index contributed by atoms with van der Waals surface area (Å²) in [6, 6.07) is 5.48. The van der Waals surface area contributed by atoms with E-state index in [2.05, 4.69) is 15.9 Å². The molecule has 29 heavy (non-hydrogen) atoms. The Kier molecular flexibility index (Phi) is 8.11. The second-order valence-electron chi connectivity index (χ2n) is 6.76. The highest BCUT2D eigenvalue weighted by Crippen LogP contribution is 2.25. The molecule has 0 saturated carbocycles. The minimum atomic E-state index is -0.342. The van der Waals surface area contributed by atoms with Gasteiger partial charge in [-0.2, -0.15) is 0 Å². The van der Waals surface area contributed by atoms with Gasteiger partial charge in [0, 0.05) is 37.3 Å². The number of aromatic nitrogens is 2. The van der Waals surface area contributed by atoms with Crippen molar-refractivity contribution < 1.29 is 14.3 Å². The third kappa shape index (κ3) is 5.59. The highest BCUT2D eigenvalue weighted by atomic mass is 79.9. The van der Waals surface area contributed by atoms with Gasteiger partial charge in [0.2, 0.25) is 5.91 Å². The molecule has 1 aromatic carbocycles. The van der Waals surface area contributed by atoms with Crippen LogP contribution in [0.25, 0.3) is 10.9 Å². The first-order valence-electron chi connectivity index (χ1n) is 9.82. The van der Waals surface area contributed by atoms with Crippen LogP contribution in [0.5, 0.6) is 0 Å². The van der Waals surface area contributed by atoms with Crippen LogP contribution in [0.15, 0.2) is 32.6 Å². The lowest BCUT2D eigenvalue weighted by molar-refractivity contribution is -0.134. The van der Waals surface area contributed by atoms with Crippen molar-refractivity contribution in [3.05, 3.63) is 33.0 Å². The molecule has 1 aliphatic rings. The molecule has 0 N–H and O–H groups in total. The van der Waals surface area contributed by atoms with E-state index in [1.807, 2.05) is 30.9 Å². The topological polar surface area (TPSA) is 73.7 Å². The van der Waals surface area contributed by atoms with Gasteiger partial charge in [-0.15, -0.1) is 0 Å². The Morgan fingerprint density at radius 3 is 2.86 bits per heavy atom. The number of hydrogen-bond acceptors (Lipinski definition) is 6. The molecule has 0 radical (unpaired) electrons. The van der Waals surface area contributed by atoms with Gasteiger partial charge in [0.25, 0.3) is 5.56 Å². The van der Waals surface area contributed by atoms with E-state index in [9.17, 15) is 9.59 Å². The van der Waals surface area contributed by atoms with E-state index in [0.29, 0.717) is 68.5 Å². The first kappa shape index (κ1) is 22.3. The number of ether oxygens (including phenoxy) is 2. The van der Waals surface area contributed by atoms with Crippen LogP contribution in [0.3, 0.4) is 0 Å². The van der Waals surface area contributed by atoms with Gasteiger partial charge in [0.1, 0.15) is 0 Å². The third-order valence-electron chi connectivity index (χ3n) is 4.71. The molecule has 0 spiro atoms. The fourth-order valence-electron chi connectivity index (χ4n) is 3.18. The quantitative estimate of drug-likeness (QED) is 0.326. The standard InChI is InChI=1S/C20H26BrN3O4S/c1-3-27-10-4-7-24-19(26)16-13-15(21)5-6-17(16)22-20(24)29-14(2)18(25)23-8-11-28-12-9-23/h5-6,13-14H,3-4,7-12H2,1-2H3. The molecule has 1 atom stereocenters. The van der Waals surface area contributed by atoms with E-state index in [1.54, 1.807) is 10.6 Å². The monoisotopic (exact) mass is 483 g/mol. The van der Waals surface area contributed by atoms with Gasteiger partial charge in [0.15, 0.2) is 5.16 Å². The predicted molar refractivity (Wildman–Crippen MR) is 118 cm³/mol. The van der Waals surface area contributed by atoms with Crippen molar-refractivity contribution in [2.24, 2.45) is 0 Å². The van der Waals surface area contributed by atoms with Crippen LogP contribution in [0.4, 0.5) is 0 Å². The molecule has 7 nitrogen and oxygen atoms in total. The summed E-state index contributed by atoms with van der Waals surface area (Å²) in [7, 11) is 0. The van der Waals surface area contributed by atoms with Gasteiger partial charge >= 0.3 is 0 Å². The zero-order valence-corrected chi connectivity index (χ0v) is 19.1. The van der Waals surface area contributed by atoms with Gasteiger partial charge < -0.3 is 14.4 Å². The van der Waals surface area contributed by atoms with Crippen LogP contribution >= 0.6 is 27.7 Å². The Bertz CT molecular complexity index is 914. The minimum absolute atomic E-state index is 0.0457. The summed E-state index contributed by atoms with van der Waals surface area (Å²) in [6.07, 6.45) is 0.703. The fraction of sp³-hybridized carbons (Fsp3) is 0.550. The molecular weight excluding hydrogens is 458 g/mol. The van der Waals surface area contributed by atoms with E-state index >= 15 is 0 Å². The zero-order valence-electron chi connectivity index (χ0n) is 16.7. The molecule has 0 bridgehead atoms. The molecule has 2 aromatic rings. The normalized spacial score (nSPS) is 15.6. The molecular formula is C20H26BrN3O4S. The number of amides is 1. The number of carbonyl (C=O) groups excluding carboxylic acids is 1. The number of hydrogen-bond donors (Lipinski definition) is 0. The van der Waals surface area contributed by atoms with Gasteiger partial charge in [-0.25, -0.2) is 4.98 Å². The fourth-order valence-corrected chi connectivity index (χ4v) is 4.56. The summed E-state index contributed by atoms with van der Waals surface area (Å²) >= 11 is 4.76. The molecule has 2 heterocycles. The lowest BCUT2D eigenvalue weighted by atomic mass is 10.2. The van der Waals surface area contributed by atoms with Crippen molar-refractivity contribution in [2.45, 2.75) is 37.2 Å². The van der Waals surface area contributed by atoms with Crippen molar-refractivity contribution in [1.82, 2.24) is 14.5 Å². The number of morpholine rings is 1. The van der Waals surface area contributed by atoms with Gasteiger partial charge in [0.05, 0.1) is 29.4 Å². The summed E-state index contributed by atoms with van der Waals surface area (Å²) in [5.41, 5.74) is 0.536. The molecule has 1 fully saturated rings. The van der Waals surface area contributed by atoms with Crippen LogP contribution in [0.1, 0.15) is 20.3 Å². The van der Waals surface area contributed by atoms with Crippen LogP contribution in [0.2, 0.25) is 0 Å². The maximum atomic E-state index is 13.2. The van der Waals surface area contributed by atoms with Crippen LogP contribution in [-0.2, 0) is 20.8 Å². The van der Waals surface area contributed by atoms with E-state index < -0.39 is 0 Å². The van der Waals surface area contributed by atoms with Crippen LogP contribution < -0.4 is 5.56 Å². The minimum Gasteiger partial charge on any atom is -0.382 e. The predicted octanol–water partition coefficient (Wildman–Crippen LogP) is 2.93. The summed E-state index contributed by atoms with van der Waals surface area (Å²) in [5.74, 6) is 0.0457. The average molecular weight is 484 g/mol. The van der Waals surface area contributed by atoms with Gasteiger partial charge in [-0.3, -0.25) is 14.2 Å². The number of thioether (sulfide) groups is 1. The van der Waals surface area contributed by atoms with E-state index in [4.69, 9.17) is 14.5 Å². The Morgan fingerprint density at radius 2 is 2.14 bits per heavy atom. The number of fused-ring (bicyclic) bond motifs is 1. The average Bonchev–Trinajstić information content (AvgIpc) is 2.73. The molecule has 158 valence electrons. The van der Waals surface area contributed by atoms with E-state index in [-0.39, 0.29) is 16.7 Å². The second-order valence-corrected chi connectivity index (χ2v) is 8.98. The maximum absolute atomic E-state index is 13.2.